The monoisotopic (exact) mass is 408 g/mol. The largest absolute Gasteiger partial charge is 0.292 e. The highest BCUT2D eigenvalue weighted by molar-refractivity contribution is 6.31. The highest BCUT2D eigenvalue weighted by Crippen LogP contribution is 2.48. The Kier molecular flexibility index (Phi) is 4.33. The van der Waals surface area contributed by atoms with E-state index in [1.54, 1.807) is 24.3 Å². The van der Waals surface area contributed by atoms with Crippen LogP contribution in [-0.2, 0) is 9.59 Å². The zero-order chi connectivity index (χ0) is 20.3. The van der Waals surface area contributed by atoms with Crippen LogP contribution in [0.25, 0.3) is 0 Å². The number of hydrogen-bond donors (Lipinski definition) is 0. The van der Waals surface area contributed by atoms with Crippen molar-refractivity contribution in [2.24, 2.45) is 11.8 Å². The molecule has 3 aliphatic heterocycles. The van der Waals surface area contributed by atoms with Gasteiger partial charge in [-0.15, -0.1) is 0 Å². The number of nitrogens with zero attached hydrogens (tertiary/aromatic N) is 2. The normalized spacial score (nSPS) is 28.7. The Balaban J connectivity index is 1.55. The van der Waals surface area contributed by atoms with Crippen LogP contribution in [-0.4, -0.2) is 41.1 Å². The van der Waals surface area contributed by atoms with Gasteiger partial charge in [0.1, 0.15) is 0 Å². The average Bonchev–Trinajstić information content (AvgIpc) is 3.34. The number of amides is 2. The van der Waals surface area contributed by atoms with Gasteiger partial charge in [-0.3, -0.25) is 19.3 Å². The van der Waals surface area contributed by atoms with Gasteiger partial charge >= 0.3 is 0 Å². The molecule has 0 radical (unpaired) electrons. The maximum Gasteiger partial charge on any atom is 0.239 e. The van der Waals surface area contributed by atoms with Gasteiger partial charge in [0.25, 0.3) is 0 Å². The SMILES string of the molecule is Cc1ccc(C(=O)[C@@H]2[C@@H]3C(=O)N(c4cccc(Cl)c4)C(=O)[C@@H]3[C@@H]3CCCN23)cc1. The molecule has 0 spiro atoms. The van der Waals surface area contributed by atoms with Crippen molar-refractivity contribution in [2.45, 2.75) is 31.8 Å². The molecule has 0 aromatic heterocycles. The number of Topliss-reactive ketones (excluding diaryl/α,β-unsaturated/α-hetero) is 1. The zero-order valence-electron chi connectivity index (χ0n) is 16.0. The molecule has 6 heteroatoms. The first-order chi connectivity index (χ1) is 14.0. The Morgan fingerprint density at radius 1 is 1.03 bits per heavy atom. The fraction of sp³-hybridized carbons (Fsp3) is 0.348. The van der Waals surface area contributed by atoms with Gasteiger partial charge in [0, 0.05) is 16.6 Å². The van der Waals surface area contributed by atoms with Gasteiger partial charge in [-0.2, -0.15) is 0 Å². The molecule has 4 atom stereocenters. The van der Waals surface area contributed by atoms with E-state index in [0.717, 1.165) is 24.9 Å². The summed E-state index contributed by atoms with van der Waals surface area (Å²) in [5.74, 6) is -1.68. The minimum Gasteiger partial charge on any atom is -0.292 e. The van der Waals surface area contributed by atoms with E-state index in [2.05, 4.69) is 4.90 Å². The Morgan fingerprint density at radius 3 is 2.48 bits per heavy atom. The molecule has 29 heavy (non-hydrogen) atoms. The zero-order valence-corrected chi connectivity index (χ0v) is 16.8. The molecule has 0 aliphatic carbocycles. The molecule has 0 unspecified atom stereocenters. The highest BCUT2D eigenvalue weighted by Gasteiger charge is 2.64. The van der Waals surface area contributed by atoms with Crippen LogP contribution in [0, 0.1) is 18.8 Å². The summed E-state index contributed by atoms with van der Waals surface area (Å²) in [4.78, 5) is 43.5. The number of aryl methyl sites for hydroxylation is 1. The minimum absolute atomic E-state index is 0.0555. The maximum atomic E-state index is 13.4. The lowest BCUT2D eigenvalue weighted by atomic mass is 9.85. The van der Waals surface area contributed by atoms with Gasteiger partial charge in [0.05, 0.1) is 23.6 Å². The quantitative estimate of drug-likeness (QED) is 0.576. The number of anilines is 1. The van der Waals surface area contributed by atoms with Gasteiger partial charge < -0.3 is 0 Å². The van der Waals surface area contributed by atoms with Crippen molar-refractivity contribution in [3.05, 3.63) is 64.7 Å². The van der Waals surface area contributed by atoms with Crippen molar-refractivity contribution in [1.82, 2.24) is 4.90 Å². The van der Waals surface area contributed by atoms with Gasteiger partial charge in [-0.05, 0) is 44.5 Å². The second-order valence-corrected chi connectivity index (χ2v) is 8.60. The van der Waals surface area contributed by atoms with Crippen LogP contribution < -0.4 is 4.90 Å². The number of halogens is 1. The Morgan fingerprint density at radius 2 is 1.76 bits per heavy atom. The summed E-state index contributed by atoms with van der Waals surface area (Å²) in [5.41, 5.74) is 2.14. The predicted octanol–water partition coefficient (Wildman–Crippen LogP) is 3.48. The first-order valence-electron chi connectivity index (χ1n) is 9.97. The number of carbonyl (C=O) groups is 3. The van der Waals surface area contributed by atoms with Crippen LogP contribution in [0.1, 0.15) is 28.8 Å². The van der Waals surface area contributed by atoms with E-state index in [4.69, 9.17) is 11.6 Å². The van der Waals surface area contributed by atoms with Crippen LogP contribution in [0.2, 0.25) is 5.02 Å². The minimum atomic E-state index is -0.638. The molecule has 148 valence electrons. The highest BCUT2D eigenvalue weighted by atomic mass is 35.5. The topological polar surface area (TPSA) is 57.7 Å². The molecular weight excluding hydrogens is 388 g/mol. The molecule has 3 fully saturated rings. The third-order valence-corrected chi connectivity index (χ3v) is 6.76. The second-order valence-electron chi connectivity index (χ2n) is 8.17. The average molecular weight is 409 g/mol. The second kappa shape index (κ2) is 6.78. The molecule has 2 aromatic rings. The van der Waals surface area contributed by atoms with Crippen molar-refractivity contribution in [2.75, 3.05) is 11.4 Å². The van der Waals surface area contributed by atoms with Crippen molar-refractivity contribution < 1.29 is 14.4 Å². The smallest absolute Gasteiger partial charge is 0.239 e. The summed E-state index contributed by atoms with van der Waals surface area (Å²) in [7, 11) is 0. The first kappa shape index (κ1) is 18.5. The summed E-state index contributed by atoms with van der Waals surface area (Å²) in [6.45, 7) is 2.72. The Bertz CT molecular complexity index is 1020. The van der Waals surface area contributed by atoms with E-state index in [-0.39, 0.29) is 23.6 Å². The molecule has 0 saturated carbocycles. The molecule has 2 amide bonds. The molecular formula is C23H21ClN2O3. The summed E-state index contributed by atoms with van der Waals surface area (Å²) in [6, 6.07) is 13.6. The number of hydrogen-bond acceptors (Lipinski definition) is 4. The van der Waals surface area contributed by atoms with Gasteiger partial charge in [0.2, 0.25) is 11.8 Å². The molecule has 2 aromatic carbocycles. The summed E-state index contributed by atoms with van der Waals surface area (Å²) in [6.07, 6.45) is 1.77. The first-order valence-corrected chi connectivity index (χ1v) is 10.3. The predicted molar refractivity (Wildman–Crippen MR) is 110 cm³/mol. The van der Waals surface area contributed by atoms with Crippen LogP contribution >= 0.6 is 11.6 Å². The summed E-state index contributed by atoms with van der Waals surface area (Å²) < 4.78 is 0. The molecule has 3 heterocycles. The van der Waals surface area contributed by atoms with E-state index in [0.29, 0.717) is 16.3 Å². The fourth-order valence-corrected chi connectivity index (χ4v) is 5.46. The van der Waals surface area contributed by atoms with Gasteiger partial charge in [-0.25, -0.2) is 4.90 Å². The molecule has 0 bridgehead atoms. The number of imide groups is 1. The lowest BCUT2D eigenvalue weighted by Crippen LogP contribution is -2.46. The lowest BCUT2D eigenvalue weighted by molar-refractivity contribution is -0.123. The van der Waals surface area contributed by atoms with E-state index in [1.807, 2.05) is 31.2 Å². The van der Waals surface area contributed by atoms with Crippen molar-refractivity contribution in [3.63, 3.8) is 0 Å². The molecule has 3 saturated heterocycles. The number of fused-ring (bicyclic) bond motifs is 3. The van der Waals surface area contributed by atoms with Crippen molar-refractivity contribution >= 4 is 34.9 Å². The van der Waals surface area contributed by atoms with Crippen LogP contribution in [0.3, 0.4) is 0 Å². The number of ketones is 1. The third-order valence-electron chi connectivity index (χ3n) is 6.52. The number of benzene rings is 2. The van der Waals surface area contributed by atoms with Crippen LogP contribution in [0.4, 0.5) is 5.69 Å². The number of rotatable bonds is 3. The molecule has 5 rings (SSSR count). The summed E-state index contributed by atoms with van der Waals surface area (Å²) >= 11 is 6.09. The van der Waals surface area contributed by atoms with Crippen LogP contribution in [0.5, 0.6) is 0 Å². The standard InChI is InChI=1S/C23H21ClN2O3/c1-13-7-9-14(10-8-13)21(27)20-19-18(17-6-3-11-25(17)20)22(28)26(23(19)29)16-5-2-4-15(24)12-16/h2,4-5,7-10,12,17-20H,3,6,11H2,1H3/t17-,18+,19+,20-/m0/s1. The Labute approximate surface area is 174 Å². The molecule has 5 nitrogen and oxygen atoms in total. The van der Waals surface area contributed by atoms with E-state index >= 15 is 0 Å². The van der Waals surface area contributed by atoms with Gasteiger partial charge in [-0.1, -0.05) is 47.5 Å². The number of carbonyl (C=O) groups excluding carboxylic acids is 3. The lowest BCUT2D eigenvalue weighted by Gasteiger charge is -2.27. The van der Waals surface area contributed by atoms with Gasteiger partial charge in [0.15, 0.2) is 5.78 Å². The fourth-order valence-electron chi connectivity index (χ4n) is 5.27. The van der Waals surface area contributed by atoms with Crippen molar-refractivity contribution in [3.8, 4) is 0 Å². The maximum absolute atomic E-state index is 13.4. The Hall–Kier alpha value is -2.50. The van der Waals surface area contributed by atoms with E-state index < -0.39 is 17.9 Å². The van der Waals surface area contributed by atoms with Crippen molar-refractivity contribution in [1.29, 1.82) is 0 Å². The molecule has 3 aliphatic rings. The summed E-state index contributed by atoms with van der Waals surface area (Å²) in [5, 5.41) is 0.468. The van der Waals surface area contributed by atoms with E-state index in [1.165, 1.54) is 4.90 Å². The van der Waals surface area contributed by atoms with E-state index in [9.17, 15) is 14.4 Å². The third kappa shape index (κ3) is 2.75. The van der Waals surface area contributed by atoms with Crippen LogP contribution in [0.15, 0.2) is 48.5 Å². The molecule has 0 N–H and O–H groups in total.